The molecule has 0 bridgehead atoms. The molecule has 1 saturated carbocycles. The van der Waals surface area contributed by atoms with Crippen molar-refractivity contribution in [3.8, 4) is 5.88 Å². The maximum absolute atomic E-state index is 6.09. The van der Waals surface area contributed by atoms with E-state index in [1.165, 1.54) is 12.8 Å². The second kappa shape index (κ2) is 6.00. The molecular weight excluding hydrogens is 260 g/mol. The second-order valence-corrected chi connectivity index (χ2v) is 6.47. The first-order chi connectivity index (χ1) is 8.97. The minimum absolute atomic E-state index is 0.208. The van der Waals surface area contributed by atoms with E-state index in [-0.39, 0.29) is 6.10 Å². The second-order valence-electron chi connectivity index (χ2n) is 6.03. The van der Waals surface area contributed by atoms with Gasteiger partial charge in [0.15, 0.2) is 0 Å². The van der Waals surface area contributed by atoms with Crippen LogP contribution in [0.1, 0.15) is 40.0 Å². The van der Waals surface area contributed by atoms with E-state index < -0.39 is 0 Å². The van der Waals surface area contributed by atoms with Gasteiger partial charge < -0.3 is 10.5 Å². The molecule has 4 heteroatoms. The van der Waals surface area contributed by atoms with Crippen molar-refractivity contribution in [2.24, 2.45) is 17.8 Å². The zero-order valence-electron chi connectivity index (χ0n) is 11.9. The Morgan fingerprint density at radius 1 is 1.42 bits per heavy atom. The van der Waals surface area contributed by atoms with Crippen LogP contribution < -0.4 is 10.5 Å². The highest BCUT2D eigenvalue weighted by Gasteiger charge is 2.32. The van der Waals surface area contributed by atoms with E-state index in [4.69, 9.17) is 22.1 Å². The van der Waals surface area contributed by atoms with Crippen molar-refractivity contribution >= 4 is 17.3 Å². The van der Waals surface area contributed by atoms with Gasteiger partial charge in [0.2, 0.25) is 5.88 Å². The lowest BCUT2D eigenvalue weighted by Crippen LogP contribution is -2.36. The van der Waals surface area contributed by atoms with Crippen LogP contribution in [0.4, 0.5) is 5.69 Å². The Hall–Kier alpha value is -0.960. The third-order valence-corrected chi connectivity index (χ3v) is 4.28. The van der Waals surface area contributed by atoms with E-state index in [2.05, 4.69) is 25.8 Å². The van der Waals surface area contributed by atoms with Gasteiger partial charge in [0.05, 0.1) is 10.7 Å². The summed E-state index contributed by atoms with van der Waals surface area (Å²) in [5, 5.41) is 0.544. The Labute approximate surface area is 120 Å². The van der Waals surface area contributed by atoms with Gasteiger partial charge in [-0.1, -0.05) is 38.8 Å². The zero-order chi connectivity index (χ0) is 14.0. The molecule has 19 heavy (non-hydrogen) atoms. The van der Waals surface area contributed by atoms with E-state index in [9.17, 15) is 0 Å². The lowest BCUT2D eigenvalue weighted by atomic mass is 9.75. The van der Waals surface area contributed by atoms with Gasteiger partial charge in [-0.3, -0.25) is 0 Å². The molecule has 1 aliphatic carbocycles. The smallest absolute Gasteiger partial charge is 0.237 e. The van der Waals surface area contributed by atoms with E-state index in [0.717, 1.165) is 6.42 Å². The summed E-state index contributed by atoms with van der Waals surface area (Å²) in [5.74, 6) is 2.42. The van der Waals surface area contributed by atoms with Gasteiger partial charge in [0.1, 0.15) is 6.10 Å². The molecule has 1 aliphatic rings. The fraction of sp³-hybridized carbons (Fsp3) is 0.667. The minimum atomic E-state index is 0.208. The van der Waals surface area contributed by atoms with Gasteiger partial charge >= 0.3 is 0 Å². The summed E-state index contributed by atoms with van der Waals surface area (Å²) >= 11 is 5.86. The summed E-state index contributed by atoms with van der Waals surface area (Å²) < 4.78 is 6.09. The first kappa shape index (κ1) is 14.4. The lowest BCUT2D eigenvalue weighted by molar-refractivity contribution is 0.0432. The number of hydrogen-bond donors (Lipinski definition) is 1. The molecule has 3 nitrogen and oxygen atoms in total. The van der Waals surface area contributed by atoms with E-state index in [0.29, 0.717) is 34.3 Å². The number of halogens is 1. The van der Waals surface area contributed by atoms with E-state index >= 15 is 0 Å². The first-order valence-corrected chi connectivity index (χ1v) is 7.42. The fourth-order valence-electron chi connectivity index (χ4n) is 2.93. The Kier molecular flexibility index (Phi) is 4.56. The van der Waals surface area contributed by atoms with Crippen molar-refractivity contribution in [3.63, 3.8) is 0 Å². The number of aromatic nitrogens is 1. The molecule has 1 aromatic heterocycles. The monoisotopic (exact) mass is 282 g/mol. The van der Waals surface area contributed by atoms with Gasteiger partial charge in [-0.2, -0.15) is 0 Å². The number of anilines is 1. The normalized spacial score (nSPS) is 27.5. The number of nitrogens with two attached hydrogens (primary N) is 1. The number of pyridine rings is 1. The largest absolute Gasteiger partial charge is 0.473 e. The highest BCUT2D eigenvalue weighted by molar-refractivity contribution is 6.30. The molecule has 1 heterocycles. The van der Waals surface area contributed by atoms with Crippen LogP contribution in [0.25, 0.3) is 0 Å². The van der Waals surface area contributed by atoms with Crippen LogP contribution in [0.5, 0.6) is 5.88 Å². The van der Waals surface area contributed by atoms with Gasteiger partial charge in [-0.15, -0.1) is 0 Å². The number of ether oxygens (including phenoxy) is 1. The van der Waals surface area contributed by atoms with Crippen molar-refractivity contribution in [2.45, 2.75) is 46.1 Å². The molecule has 1 fully saturated rings. The van der Waals surface area contributed by atoms with Crippen molar-refractivity contribution in [3.05, 3.63) is 17.3 Å². The quantitative estimate of drug-likeness (QED) is 0.906. The zero-order valence-corrected chi connectivity index (χ0v) is 12.7. The molecule has 0 radical (unpaired) electrons. The molecule has 0 aromatic carbocycles. The minimum Gasteiger partial charge on any atom is -0.473 e. The molecule has 3 unspecified atom stereocenters. The van der Waals surface area contributed by atoms with Gasteiger partial charge in [-0.05, 0) is 36.7 Å². The first-order valence-electron chi connectivity index (χ1n) is 7.05. The van der Waals surface area contributed by atoms with E-state index in [1.807, 2.05) is 0 Å². The molecule has 0 amide bonds. The molecular formula is C15H23ClN2O. The summed E-state index contributed by atoms with van der Waals surface area (Å²) in [6, 6.07) is 1.69. The van der Waals surface area contributed by atoms with Crippen LogP contribution >= 0.6 is 11.6 Å². The van der Waals surface area contributed by atoms with Crippen molar-refractivity contribution in [2.75, 3.05) is 5.73 Å². The number of hydrogen-bond acceptors (Lipinski definition) is 3. The average Bonchev–Trinajstić information content (AvgIpc) is 2.32. The standard InChI is InChI=1S/C15H23ClN2O/c1-9(2)12-5-4-10(3)6-14(12)19-15-13(17)7-11(16)8-18-15/h7-10,12,14H,4-6,17H2,1-3H3. The average molecular weight is 283 g/mol. The third kappa shape index (κ3) is 3.53. The van der Waals surface area contributed by atoms with Gasteiger partial charge in [-0.25, -0.2) is 4.98 Å². The van der Waals surface area contributed by atoms with Crippen LogP contribution in [-0.2, 0) is 0 Å². The summed E-state index contributed by atoms with van der Waals surface area (Å²) in [4.78, 5) is 4.21. The van der Waals surface area contributed by atoms with Gasteiger partial charge in [0.25, 0.3) is 0 Å². The van der Waals surface area contributed by atoms with Crippen LogP contribution in [0, 0.1) is 17.8 Å². The summed E-state index contributed by atoms with van der Waals surface area (Å²) in [7, 11) is 0. The maximum Gasteiger partial charge on any atom is 0.237 e. The molecule has 0 spiro atoms. The Morgan fingerprint density at radius 2 is 2.16 bits per heavy atom. The number of rotatable bonds is 3. The molecule has 106 valence electrons. The van der Waals surface area contributed by atoms with Gasteiger partial charge in [0, 0.05) is 6.20 Å². The molecule has 1 aromatic rings. The Balaban J connectivity index is 2.14. The molecule has 2 N–H and O–H groups in total. The van der Waals surface area contributed by atoms with Crippen LogP contribution in [0.15, 0.2) is 12.3 Å². The maximum atomic E-state index is 6.09. The van der Waals surface area contributed by atoms with Crippen molar-refractivity contribution in [1.29, 1.82) is 0 Å². The van der Waals surface area contributed by atoms with Crippen molar-refractivity contribution < 1.29 is 4.74 Å². The molecule has 0 aliphatic heterocycles. The van der Waals surface area contributed by atoms with Crippen LogP contribution in [0.2, 0.25) is 5.02 Å². The predicted molar refractivity (Wildman–Crippen MR) is 79.4 cm³/mol. The van der Waals surface area contributed by atoms with Crippen molar-refractivity contribution in [1.82, 2.24) is 4.98 Å². The predicted octanol–water partition coefficient (Wildman–Crippen LogP) is 4.16. The summed E-state index contributed by atoms with van der Waals surface area (Å²) in [5.41, 5.74) is 6.44. The molecule has 3 atom stereocenters. The Morgan fingerprint density at radius 3 is 2.79 bits per heavy atom. The summed E-state index contributed by atoms with van der Waals surface area (Å²) in [6.07, 6.45) is 5.37. The number of nitrogens with zero attached hydrogens (tertiary/aromatic N) is 1. The summed E-state index contributed by atoms with van der Waals surface area (Å²) in [6.45, 7) is 6.80. The lowest BCUT2D eigenvalue weighted by Gasteiger charge is -2.37. The van der Waals surface area contributed by atoms with E-state index in [1.54, 1.807) is 12.3 Å². The molecule has 2 rings (SSSR count). The Bertz CT molecular complexity index is 436. The fourth-order valence-corrected chi connectivity index (χ4v) is 3.10. The van der Waals surface area contributed by atoms with Crippen LogP contribution in [0.3, 0.4) is 0 Å². The highest BCUT2D eigenvalue weighted by atomic mass is 35.5. The number of nitrogen functional groups attached to an aromatic ring is 1. The SMILES string of the molecule is CC1CCC(C(C)C)C(Oc2ncc(Cl)cc2N)C1. The third-order valence-electron chi connectivity index (χ3n) is 4.07. The highest BCUT2D eigenvalue weighted by Crippen LogP contribution is 2.36. The molecule has 0 saturated heterocycles. The topological polar surface area (TPSA) is 48.1 Å². The van der Waals surface area contributed by atoms with Crippen LogP contribution in [-0.4, -0.2) is 11.1 Å².